The smallest absolute Gasteiger partial charge is 1.00 e. The molecule has 58 valence electrons. The molecule has 3 heteroatoms. The monoisotopic (exact) mass is 218 g/mol. The normalized spacial score (nSPS) is 13.8. The third-order valence-corrected chi connectivity index (χ3v) is 0.827. The zero-order chi connectivity index (χ0) is 6.24. The van der Waals surface area contributed by atoms with Gasteiger partial charge in [-0.05, 0) is 12.8 Å². The van der Waals surface area contributed by atoms with Crippen molar-refractivity contribution in [3.05, 3.63) is 6.92 Å². The van der Waals surface area contributed by atoms with E-state index in [-0.39, 0.29) is 40.0 Å². The maximum atomic E-state index is 4.94. The molecule has 1 fully saturated rings. The van der Waals surface area contributed by atoms with E-state index in [2.05, 4.69) is 6.92 Å². The first-order valence-electron chi connectivity index (χ1n) is 3.28. The Bertz CT molecular complexity index is 33.0. The van der Waals surface area contributed by atoms with E-state index in [9.17, 15) is 0 Å². The fraction of sp³-hybridized carbons (Fsp3) is 0.857. The minimum absolute atomic E-state index is 0. The Labute approximate surface area is 90.8 Å². The predicted octanol–water partition coefficient (Wildman–Crippen LogP) is -1.35. The molecule has 0 unspecified atom stereocenters. The van der Waals surface area contributed by atoms with Crippen LogP contribution < -0.4 is 17.0 Å². The Morgan fingerprint density at radius 2 is 1.60 bits per heavy atom. The van der Waals surface area contributed by atoms with Crippen LogP contribution in [0.1, 0.15) is 26.2 Å². The number of hydrogen-bond acceptors (Lipinski definition) is 1. The summed E-state index contributed by atoms with van der Waals surface area (Å²) in [6, 6.07) is 0. The number of hydrogen-bond donors (Lipinski definition) is 0. The summed E-state index contributed by atoms with van der Waals surface area (Å²) < 4.78 is 4.94. The van der Waals surface area contributed by atoms with Gasteiger partial charge < -0.3 is 28.6 Å². The van der Waals surface area contributed by atoms with Gasteiger partial charge in [0, 0.05) is 13.2 Å². The van der Waals surface area contributed by atoms with E-state index in [0.717, 1.165) is 19.6 Å². The Morgan fingerprint density at radius 1 is 1.30 bits per heavy atom. The Balaban J connectivity index is -0.0000000900. The van der Waals surface area contributed by atoms with Gasteiger partial charge in [-0.3, -0.25) is 0 Å². The van der Waals surface area contributed by atoms with Crippen LogP contribution >= 0.6 is 0 Å². The average molecular weight is 219 g/mol. The summed E-state index contributed by atoms with van der Waals surface area (Å²) in [6.45, 7) is 7.50. The molecule has 10 heavy (non-hydrogen) atoms. The van der Waals surface area contributed by atoms with Crippen molar-refractivity contribution in [2.24, 2.45) is 0 Å². The molecular formula is C7H15BrMgO. The summed E-state index contributed by atoms with van der Waals surface area (Å²) >= 11 is 0. The van der Waals surface area contributed by atoms with E-state index >= 15 is 0 Å². The molecule has 1 aliphatic heterocycles. The standard InChI is InChI=1S/C4H8O.C3H7.BrH.Mg/c1-2-4-5-3-1;1-3-2;;/h1-4H2;1,3H2,2H3;1H;/q;-1;;+2/p-1. The predicted molar refractivity (Wildman–Crippen MR) is 41.5 cm³/mol. The van der Waals surface area contributed by atoms with Gasteiger partial charge in [-0.1, -0.05) is 6.92 Å². The summed E-state index contributed by atoms with van der Waals surface area (Å²) in [4.78, 5) is 0. The van der Waals surface area contributed by atoms with E-state index in [4.69, 9.17) is 4.74 Å². The summed E-state index contributed by atoms with van der Waals surface area (Å²) in [6.07, 6.45) is 3.56. The minimum Gasteiger partial charge on any atom is -1.00 e. The molecule has 0 bridgehead atoms. The van der Waals surface area contributed by atoms with E-state index < -0.39 is 0 Å². The maximum absolute atomic E-state index is 4.94. The second-order valence-electron chi connectivity index (χ2n) is 1.82. The van der Waals surface area contributed by atoms with E-state index in [0.29, 0.717) is 0 Å². The van der Waals surface area contributed by atoms with Crippen molar-refractivity contribution in [3.8, 4) is 0 Å². The van der Waals surface area contributed by atoms with Crippen LogP contribution in [0.15, 0.2) is 0 Å². The fourth-order valence-corrected chi connectivity index (χ4v) is 0.510. The molecule has 1 aliphatic rings. The molecule has 1 nitrogen and oxygen atoms in total. The van der Waals surface area contributed by atoms with Gasteiger partial charge in [0.15, 0.2) is 0 Å². The third-order valence-electron chi connectivity index (χ3n) is 0.827. The average Bonchev–Trinajstić information content (AvgIpc) is 2.17. The summed E-state index contributed by atoms with van der Waals surface area (Å²) in [7, 11) is 0. The fourth-order valence-electron chi connectivity index (χ4n) is 0.510. The molecule has 0 saturated carbocycles. The van der Waals surface area contributed by atoms with Gasteiger partial charge in [0.25, 0.3) is 0 Å². The third kappa shape index (κ3) is 16.1. The van der Waals surface area contributed by atoms with Crippen molar-refractivity contribution in [2.45, 2.75) is 26.2 Å². The van der Waals surface area contributed by atoms with Gasteiger partial charge in [-0.15, -0.1) is 0 Å². The molecule has 0 atom stereocenters. The first-order valence-corrected chi connectivity index (χ1v) is 3.28. The minimum atomic E-state index is 0. The van der Waals surface area contributed by atoms with Crippen LogP contribution in [0.5, 0.6) is 0 Å². The molecule has 1 heterocycles. The number of ether oxygens (including phenoxy) is 1. The van der Waals surface area contributed by atoms with Gasteiger partial charge >= 0.3 is 23.1 Å². The molecule has 1 rings (SSSR count). The number of halogens is 1. The summed E-state index contributed by atoms with van der Waals surface area (Å²) in [5, 5.41) is 0. The summed E-state index contributed by atoms with van der Waals surface area (Å²) in [5.74, 6) is 0. The second-order valence-corrected chi connectivity index (χ2v) is 1.82. The van der Waals surface area contributed by atoms with E-state index in [1.165, 1.54) is 12.8 Å². The summed E-state index contributed by atoms with van der Waals surface area (Å²) in [5.41, 5.74) is 0. The van der Waals surface area contributed by atoms with Gasteiger partial charge in [-0.2, -0.15) is 6.42 Å². The van der Waals surface area contributed by atoms with E-state index in [1.807, 2.05) is 6.92 Å². The molecule has 0 aliphatic carbocycles. The first kappa shape index (κ1) is 17.3. The van der Waals surface area contributed by atoms with Crippen molar-refractivity contribution in [3.63, 3.8) is 0 Å². The van der Waals surface area contributed by atoms with Gasteiger partial charge in [0.1, 0.15) is 0 Å². The first-order chi connectivity index (χ1) is 3.91. The van der Waals surface area contributed by atoms with Crippen LogP contribution in [0.3, 0.4) is 0 Å². The quantitative estimate of drug-likeness (QED) is 0.362. The van der Waals surface area contributed by atoms with Crippen LogP contribution in [0, 0.1) is 6.92 Å². The van der Waals surface area contributed by atoms with Crippen LogP contribution in [0.4, 0.5) is 0 Å². The van der Waals surface area contributed by atoms with E-state index in [1.54, 1.807) is 0 Å². The van der Waals surface area contributed by atoms with Crippen molar-refractivity contribution in [1.29, 1.82) is 0 Å². The molecule has 0 spiro atoms. The Hall–Kier alpha value is 1.21. The number of rotatable bonds is 0. The topological polar surface area (TPSA) is 9.23 Å². The molecule has 0 N–H and O–H groups in total. The van der Waals surface area contributed by atoms with Crippen molar-refractivity contribution >= 4 is 23.1 Å². The van der Waals surface area contributed by atoms with Crippen molar-refractivity contribution in [1.82, 2.24) is 0 Å². The molecule has 0 radical (unpaired) electrons. The van der Waals surface area contributed by atoms with Gasteiger partial charge in [-0.25, -0.2) is 0 Å². The van der Waals surface area contributed by atoms with Gasteiger partial charge in [0.2, 0.25) is 0 Å². The van der Waals surface area contributed by atoms with Gasteiger partial charge in [0.05, 0.1) is 0 Å². The molecule has 1 saturated heterocycles. The Morgan fingerprint density at radius 3 is 1.70 bits per heavy atom. The molecule has 0 amide bonds. The zero-order valence-corrected chi connectivity index (χ0v) is 9.74. The second kappa shape index (κ2) is 16.7. The molecular weight excluding hydrogens is 204 g/mol. The SMILES string of the molecule is C1CCOC1.[Br-].[CH2-]CC.[Mg+2]. The molecule has 0 aromatic carbocycles. The largest absolute Gasteiger partial charge is 2.00 e. The van der Waals surface area contributed by atoms with Crippen molar-refractivity contribution < 1.29 is 21.7 Å². The molecule has 0 aromatic rings. The van der Waals surface area contributed by atoms with Crippen LogP contribution in [0.25, 0.3) is 0 Å². The molecule has 0 aromatic heterocycles. The maximum Gasteiger partial charge on any atom is 2.00 e. The van der Waals surface area contributed by atoms with Crippen LogP contribution in [0.2, 0.25) is 0 Å². The van der Waals surface area contributed by atoms with Crippen LogP contribution in [-0.2, 0) is 4.74 Å². The van der Waals surface area contributed by atoms with Crippen LogP contribution in [-0.4, -0.2) is 36.3 Å². The Kier molecular flexibility index (Phi) is 28.9. The van der Waals surface area contributed by atoms with Crippen molar-refractivity contribution in [2.75, 3.05) is 13.2 Å². The zero-order valence-electron chi connectivity index (χ0n) is 6.74.